The van der Waals surface area contributed by atoms with Gasteiger partial charge in [-0.1, -0.05) is 18.9 Å². The van der Waals surface area contributed by atoms with Crippen LogP contribution in [-0.2, 0) is 9.53 Å². The van der Waals surface area contributed by atoms with Crippen molar-refractivity contribution in [3.8, 4) is 0 Å². The number of nitrogen functional groups attached to an aromatic ring is 1. The summed E-state index contributed by atoms with van der Waals surface area (Å²) >= 11 is 0. The largest absolute Gasteiger partial charge is 0.399 e. The number of hydrogen-bond acceptors (Lipinski definition) is 3. The van der Waals surface area contributed by atoms with Crippen LogP contribution in [0.3, 0.4) is 0 Å². The van der Waals surface area contributed by atoms with E-state index in [1.54, 1.807) is 6.07 Å². The lowest BCUT2D eigenvalue weighted by Gasteiger charge is -2.12. The Balaban J connectivity index is 0.00000180. The maximum Gasteiger partial charge on any atom is 0.250 e. The van der Waals surface area contributed by atoms with Crippen LogP contribution in [-0.4, -0.2) is 18.6 Å². The van der Waals surface area contributed by atoms with E-state index in [9.17, 15) is 4.79 Å². The number of carbonyl (C=O) groups excluding carboxylic acids is 1. The molecule has 0 spiro atoms. The molecule has 3 N–H and O–H groups in total. The molecule has 1 fully saturated rings. The lowest BCUT2D eigenvalue weighted by atomic mass is 10.2. The molecule has 4 nitrogen and oxygen atoms in total. The Morgan fingerprint density at radius 1 is 1.42 bits per heavy atom. The molecule has 0 bridgehead atoms. The summed E-state index contributed by atoms with van der Waals surface area (Å²) < 4.78 is 5.56. The molecule has 2 rings (SSSR count). The number of anilines is 2. The highest BCUT2D eigenvalue weighted by molar-refractivity contribution is 5.92. The third-order valence-corrected chi connectivity index (χ3v) is 3.29. The minimum atomic E-state index is -0.115. The molecular weight excluding hydrogens is 264 g/mol. The molecule has 0 atom stereocenters. The fourth-order valence-corrected chi connectivity index (χ4v) is 2.21. The number of benzene rings is 1. The van der Waals surface area contributed by atoms with E-state index in [4.69, 9.17) is 10.5 Å². The summed E-state index contributed by atoms with van der Waals surface area (Å²) in [5, 5.41) is 2.83. The van der Waals surface area contributed by atoms with Crippen molar-refractivity contribution in [1.82, 2.24) is 0 Å². The molecule has 0 unspecified atom stereocenters. The molecule has 1 amide bonds. The van der Waals surface area contributed by atoms with Gasteiger partial charge in [-0.15, -0.1) is 12.4 Å². The van der Waals surface area contributed by atoms with Gasteiger partial charge in [-0.3, -0.25) is 4.79 Å². The van der Waals surface area contributed by atoms with Crippen LogP contribution >= 0.6 is 12.4 Å². The highest BCUT2D eigenvalue weighted by Crippen LogP contribution is 2.21. The van der Waals surface area contributed by atoms with Gasteiger partial charge in [0.25, 0.3) is 0 Å². The predicted molar refractivity (Wildman–Crippen MR) is 79.7 cm³/mol. The van der Waals surface area contributed by atoms with Gasteiger partial charge in [0.1, 0.15) is 6.61 Å². The molecule has 106 valence electrons. The number of ether oxygens (including phenoxy) is 1. The maximum atomic E-state index is 11.8. The molecular formula is C14H21ClN2O2. The molecule has 1 aliphatic rings. The summed E-state index contributed by atoms with van der Waals surface area (Å²) in [6.45, 7) is 2.06. The first-order chi connectivity index (χ1) is 8.65. The smallest absolute Gasteiger partial charge is 0.250 e. The molecule has 0 heterocycles. The van der Waals surface area contributed by atoms with Crippen LogP contribution in [0.15, 0.2) is 18.2 Å². The maximum absolute atomic E-state index is 11.8. The quantitative estimate of drug-likeness (QED) is 0.836. The zero-order valence-corrected chi connectivity index (χ0v) is 12.0. The van der Waals surface area contributed by atoms with Gasteiger partial charge < -0.3 is 15.8 Å². The summed E-state index contributed by atoms with van der Waals surface area (Å²) in [6.07, 6.45) is 4.83. The molecule has 5 heteroatoms. The molecule has 0 radical (unpaired) electrons. The highest BCUT2D eigenvalue weighted by atomic mass is 35.5. The Hall–Kier alpha value is -1.26. The third kappa shape index (κ3) is 4.73. The topological polar surface area (TPSA) is 64.3 Å². The van der Waals surface area contributed by atoms with Gasteiger partial charge in [0, 0.05) is 11.4 Å². The monoisotopic (exact) mass is 284 g/mol. The van der Waals surface area contributed by atoms with E-state index in [-0.39, 0.29) is 31.0 Å². The fourth-order valence-electron chi connectivity index (χ4n) is 2.21. The molecule has 0 saturated heterocycles. The van der Waals surface area contributed by atoms with Gasteiger partial charge in [-0.25, -0.2) is 0 Å². The van der Waals surface area contributed by atoms with Gasteiger partial charge in [0.2, 0.25) is 5.91 Å². The molecule has 1 aliphatic carbocycles. The second-order valence-electron chi connectivity index (χ2n) is 4.84. The lowest BCUT2D eigenvalue weighted by Crippen LogP contribution is -2.22. The van der Waals surface area contributed by atoms with Gasteiger partial charge in [-0.2, -0.15) is 0 Å². The standard InChI is InChI=1S/C14H20N2O2.ClH/c1-10-6-7-11(15)8-13(10)16-14(17)9-18-12-4-2-3-5-12;/h6-8,12H,2-5,9,15H2,1H3,(H,16,17);1H. The first kappa shape index (κ1) is 15.8. The molecule has 1 saturated carbocycles. The van der Waals surface area contributed by atoms with Crippen LogP contribution in [0.25, 0.3) is 0 Å². The predicted octanol–water partition coefficient (Wildman–Crippen LogP) is 2.90. The molecule has 1 aromatic carbocycles. The van der Waals surface area contributed by atoms with E-state index in [0.29, 0.717) is 5.69 Å². The Morgan fingerprint density at radius 3 is 2.79 bits per heavy atom. The fraction of sp³-hybridized carbons (Fsp3) is 0.500. The first-order valence-corrected chi connectivity index (χ1v) is 6.43. The first-order valence-electron chi connectivity index (χ1n) is 6.43. The van der Waals surface area contributed by atoms with Crippen LogP contribution in [0.1, 0.15) is 31.2 Å². The Morgan fingerprint density at radius 2 is 2.11 bits per heavy atom. The minimum Gasteiger partial charge on any atom is -0.399 e. The number of nitrogens with one attached hydrogen (secondary N) is 1. The van der Waals surface area contributed by atoms with E-state index in [2.05, 4.69) is 5.32 Å². The average Bonchev–Trinajstić information content (AvgIpc) is 2.84. The summed E-state index contributed by atoms with van der Waals surface area (Å²) in [7, 11) is 0. The Bertz CT molecular complexity index is 431. The number of halogens is 1. The van der Waals surface area contributed by atoms with Crippen molar-refractivity contribution >= 4 is 29.7 Å². The van der Waals surface area contributed by atoms with Crippen LogP contribution < -0.4 is 11.1 Å². The normalized spacial score (nSPS) is 15.0. The summed E-state index contributed by atoms with van der Waals surface area (Å²) in [6, 6.07) is 5.48. The van der Waals surface area contributed by atoms with Crippen LogP contribution in [0.2, 0.25) is 0 Å². The molecule has 19 heavy (non-hydrogen) atoms. The number of aryl methyl sites for hydroxylation is 1. The molecule has 0 aliphatic heterocycles. The van der Waals surface area contributed by atoms with E-state index in [1.165, 1.54) is 12.8 Å². The Kier molecular flexibility index (Phi) is 6.12. The number of carbonyl (C=O) groups is 1. The summed E-state index contributed by atoms with van der Waals surface area (Å²) in [4.78, 5) is 11.8. The van der Waals surface area contributed by atoms with Gasteiger partial charge in [-0.05, 0) is 37.5 Å². The van der Waals surface area contributed by atoms with Crippen molar-refractivity contribution in [1.29, 1.82) is 0 Å². The van der Waals surface area contributed by atoms with Gasteiger partial charge >= 0.3 is 0 Å². The molecule has 1 aromatic rings. The van der Waals surface area contributed by atoms with Crippen molar-refractivity contribution in [2.75, 3.05) is 17.7 Å². The third-order valence-electron chi connectivity index (χ3n) is 3.29. The Labute approximate surface area is 120 Å². The number of nitrogens with two attached hydrogens (primary N) is 1. The van der Waals surface area contributed by atoms with Crippen molar-refractivity contribution < 1.29 is 9.53 Å². The van der Waals surface area contributed by atoms with E-state index >= 15 is 0 Å². The van der Waals surface area contributed by atoms with Crippen LogP contribution in [0, 0.1) is 6.92 Å². The average molecular weight is 285 g/mol. The van der Waals surface area contributed by atoms with Crippen molar-refractivity contribution in [3.63, 3.8) is 0 Å². The summed E-state index contributed by atoms with van der Waals surface area (Å²) in [5.41, 5.74) is 8.10. The number of hydrogen-bond donors (Lipinski definition) is 2. The minimum absolute atomic E-state index is 0. The van der Waals surface area contributed by atoms with Crippen LogP contribution in [0.4, 0.5) is 11.4 Å². The van der Waals surface area contributed by atoms with Gasteiger partial charge in [0.05, 0.1) is 6.10 Å². The van der Waals surface area contributed by atoms with E-state index < -0.39 is 0 Å². The number of rotatable bonds is 4. The van der Waals surface area contributed by atoms with Crippen LogP contribution in [0.5, 0.6) is 0 Å². The second kappa shape index (κ2) is 7.36. The molecule has 0 aromatic heterocycles. The zero-order chi connectivity index (χ0) is 13.0. The van der Waals surface area contributed by atoms with Crippen molar-refractivity contribution in [2.24, 2.45) is 0 Å². The highest BCUT2D eigenvalue weighted by Gasteiger charge is 2.16. The second-order valence-corrected chi connectivity index (χ2v) is 4.84. The summed E-state index contributed by atoms with van der Waals surface area (Å²) in [5.74, 6) is -0.115. The number of amides is 1. The SMILES string of the molecule is Cc1ccc(N)cc1NC(=O)COC1CCCC1.Cl. The van der Waals surface area contributed by atoms with Crippen molar-refractivity contribution in [3.05, 3.63) is 23.8 Å². The van der Waals surface area contributed by atoms with Crippen molar-refractivity contribution in [2.45, 2.75) is 38.7 Å². The zero-order valence-electron chi connectivity index (χ0n) is 11.1. The lowest BCUT2D eigenvalue weighted by molar-refractivity contribution is -0.122. The van der Waals surface area contributed by atoms with E-state index in [1.807, 2.05) is 19.1 Å². The van der Waals surface area contributed by atoms with Gasteiger partial charge in [0.15, 0.2) is 0 Å². The van der Waals surface area contributed by atoms with E-state index in [0.717, 1.165) is 24.1 Å².